The minimum absolute atomic E-state index is 0.354. The Morgan fingerprint density at radius 3 is 2.67 bits per heavy atom. The van der Waals surface area contributed by atoms with E-state index in [-0.39, 0.29) is 0 Å². The SMILES string of the molecule is O=COCc1ccccc1.OCC1CCCNC1. The molecule has 1 aliphatic rings. The Balaban J connectivity index is 0.000000184. The maximum Gasteiger partial charge on any atom is 0.293 e. The monoisotopic (exact) mass is 251 g/mol. The summed E-state index contributed by atoms with van der Waals surface area (Å²) in [4.78, 5) is 9.76. The van der Waals surface area contributed by atoms with Crippen molar-refractivity contribution in [1.29, 1.82) is 0 Å². The molecule has 0 aromatic heterocycles. The van der Waals surface area contributed by atoms with Crippen molar-refractivity contribution in [2.75, 3.05) is 19.7 Å². The second-order valence-electron chi connectivity index (χ2n) is 4.29. The third-order valence-corrected chi connectivity index (χ3v) is 2.82. The van der Waals surface area contributed by atoms with E-state index in [1.807, 2.05) is 30.3 Å². The number of carbonyl (C=O) groups excluding carboxylic acids is 1. The van der Waals surface area contributed by atoms with Crippen molar-refractivity contribution in [2.24, 2.45) is 5.92 Å². The number of ether oxygens (including phenoxy) is 1. The number of aliphatic hydroxyl groups excluding tert-OH is 1. The first-order chi connectivity index (χ1) is 8.86. The topological polar surface area (TPSA) is 58.6 Å². The van der Waals surface area contributed by atoms with Crippen molar-refractivity contribution in [3.63, 3.8) is 0 Å². The minimum atomic E-state index is 0.354. The summed E-state index contributed by atoms with van der Waals surface area (Å²) in [6.07, 6.45) is 2.43. The van der Waals surface area contributed by atoms with E-state index in [0.717, 1.165) is 18.7 Å². The van der Waals surface area contributed by atoms with Crippen LogP contribution in [0.15, 0.2) is 30.3 Å². The zero-order valence-electron chi connectivity index (χ0n) is 10.5. The van der Waals surface area contributed by atoms with E-state index in [0.29, 0.717) is 25.6 Å². The molecule has 2 N–H and O–H groups in total. The van der Waals surface area contributed by atoms with Gasteiger partial charge in [-0.2, -0.15) is 0 Å². The molecule has 1 aromatic rings. The first-order valence-electron chi connectivity index (χ1n) is 6.27. The Morgan fingerprint density at radius 2 is 2.17 bits per heavy atom. The molecule has 4 nitrogen and oxygen atoms in total. The second-order valence-corrected chi connectivity index (χ2v) is 4.29. The summed E-state index contributed by atoms with van der Waals surface area (Å²) in [5.74, 6) is 0.531. The largest absolute Gasteiger partial charge is 0.463 e. The van der Waals surface area contributed by atoms with Gasteiger partial charge in [-0.25, -0.2) is 0 Å². The summed E-state index contributed by atoms with van der Waals surface area (Å²) in [6.45, 7) is 3.32. The highest BCUT2D eigenvalue weighted by molar-refractivity contribution is 5.37. The van der Waals surface area contributed by atoms with Crippen molar-refractivity contribution >= 4 is 6.47 Å². The molecular formula is C14H21NO3. The lowest BCUT2D eigenvalue weighted by Crippen LogP contribution is -2.31. The molecule has 0 bridgehead atoms. The van der Waals surface area contributed by atoms with Gasteiger partial charge in [-0.05, 0) is 30.9 Å². The number of piperidine rings is 1. The van der Waals surface area contributed by atoms with Crippen LogP contribution < -0.4 is 5.32 Å². The van der Waals surface area contributed by atoms with Crippen LogP contribution in [0.5, 0.6) is 0 Å². The minimum Gasteiger partial charge on any atom is -0.463 e. The Morgan fingerprint density at radius 1 is 1.39 bits per heavy atom. The van der Waals surface area contributed by atoms with E-state index in [2.05, 4.69) is 10.1 Å². The number of benzene rings is 1. The van der Waals surface area contributed by atoms with Crippen molar-refractivity contribution < 1.29 is 14.6 Å². The number of hydrogen-bond acceptors (Lipinski definition) is 4. The van der Waals surface area contributed by atoms with Gasteiger partial charge in [-0.1, -0.05) is 30.3 Å². The van der Waals surface area contributed by atoms with Crippen LogP contribution in [0.3, 0.4) is 0 Å². The van der Waals surface area contributed by atoms with E-state index in [1.54, 1.807) is 0 Å². The summed E-state index contributed by atoms with van der Waals surface area (Å²) in [5.41, 5.74) is 1.01. The first kappa shape index (κ1) is 14.7. The lowest BCUT2D eigenvalue weighted by Gasteiger charge is -2.19. The number of nitrogens with one attached hydrogen (secondary N) is 1. The molecule has 1 aliphatic heterocycles. The van der Waals surface area contributed by atoms with Crippen molar-refractivity contribution in [1.82, 2.24) is 5.32 Å². The Labute approximate surface area is 108 Å². The van der Waals surface area contributed by atoms with Crippen molar-refractivity contribution in [2.45, 2.75) is 19.4 Å². The van der Waals surface area contributed by atoms with Gasteiger partial charge in [0.2, 0.25) is 0 Å². The van der Waals surface area contributed by atoms with E-state index in [1.165, 1.54) is 12.8 Å². The molecule has 18 heavy (non-hydrogen) atoms. The van der Waals surface area contributed by atoms with E-state index < -0.39 is 0 Å². The molecular weight excluding hydrogens is 230 g/mol. The van der Waals surface area contributed by atoms with Gasteiger partial charge in [0, 0.05) is 13.2 Å². The highest BCUT2D eigenvalue weighted by atomic mass is 16.5. The maximum absolute atomic E-state index is 9.76. The van der Waals surface area contributed by atoms with Gasteiger partial charge in [0.05, 0.1) is 0 Å². The molecule has 0 aliphatic carbocycles. The van der Waals surface area contributed by atoms with Gasteiger partial charge in [-0.15, -0.1) is 0 Å². The van der Waals surface area contributed by atoms with Crippen LogP contribution in [0.25, 0.3) is 0 Å². The zero-order valence-corrected chi connectivity index (χ0v) is 10.5. The van der Waals surface area contributed by atoms with Crippen LogP contribution in [0, 0.1) is 5.92 Å². The third kappa shape index (κ3) is 6.37. The molecule has 4 heteroatoms. The molecule has 1 unspecified atom stereocenters. The molecule has 0 radical (unpaired) electrons. The predicted octanol–water partition coefficient (Wildman–Crippen LogP) is 1.34. The summed E-state index contributed by atoms with van der Waals surface area (Å²) in [6, 6.07) is 9.55. The van der Waals surface area contributed by atoms with Gasteiger partial charge in [0.25, 0.3) is 6.47 Å². The van der Waals surface area contributed by atoms with Gasteiger partial charge >= 0.3 is 0 Å². The van der Waals surface area contributed by atoms with Crippen LogP contribution in [0.4, 0.5) is 0 Å². The molecule has 1 aromatic carbocycles. The highest BCUT2D eigenvalue weighted by Gasteiger charge is 2.09. The average molecular weight is 251 g/mol. The summed E-state index contributed by atoms with van der Waals surface area (Å²) < 4.78 is 4.54. The van der Waals surface area contributed by atoms with E-state index >= 15 is 0 Å². The van der Waals surface area contributed by atoms with Gasteiger partial charge in [0.1, 0.15) is 6.61 Å². The summed E-state index contributed by atoms with van der Waals surface area (Å²) in [7, 11) is 0. The fourth-order valence-corrected chi connectivity index (χ4v) is 1.78. The smallest absolute Gasteiger partial charge is 0.293 e. The number of carbonyl (C=O) groups is 1. The van der Waals surface area contributed by atoms with Crippen LogP contribution in [-0.4, -0.2) is 31.3 Å². The van der Waals surface area contributed by atoms with Gasteiger partial charge in [-0.3, -0.25) is 4.79 Å². The average Bonchev–Trinajstić information content (AvgIpc) is 2.48. The molecule has 0 spiro atoms. The molecule has 2 rings (SSSR count). The molecule has 1 saturated heterocycles. The highest BCUT2D eigenvalue weighted by Crippen LogP contribution is 2.07. The maximum atomic E-state index is 9.76. The number of aliphatic hydroxyl groups is 1. The predicted molar refractivity (Wildman–Crippen MR) is 70.0 cm³/mol. The first-order valence-corrected chi connectivity index (χ1v) is 6.27. The van der Waals surface area contributed by atoms with E-state index in [9.17, 15) is 4.79 Å². The van der Waals surface area contributed by atoms with Gasteiger partial charge in [0.15, 0.2) is 0 Å². The van der Waals surface area contributed by atoms with E-state index in [4.69, 9.17) is 5.11 Å². The molecule has 0 saturated carbocycles. The quantitative estimate of drug-likeness (QED) is 0.793. The fraction of sp³-hybridized carbons (Fsp3) is 0.500. The third-order valence-electron chi connectivity index (χ3n) is 2.82. The molecule has 1 heterocycles. The van der Waals surface area contributed by atoms with Crippen molar-refractivity contribution in [3.05, 3.63) is 35.9 Å². The zero-order chi connectivity index (χ0) is 13.1. The van der Waals surface area contributed by atoms with Crippen LogP contribution >= 0.6 is 0 Å². The fourth-order valence-electron chi connectivity index (χ4n) is 1.78. The second kappa shape index (κ2) is 9.62. The molecule has 1 atom stereocenters. The molecule has 100 valence electrons. The Kier molecular flexibility index (Phi) is 7.84. The Bertz CT molecular complexity index is 310. The summed E-state index contributed by atoms with van der Waals surface area (Å²) in [5, 5.41) is 11.9. The molecule has 1 fully saturated rings. The normalized spacial score (nSPS) is 18.4. The van der Waals surface area contributed by atoms with Crippen LogP contribution in [-0.2, 0) is 16.1 Å². The Hall–Kier alpha value is -1.39. The number of hydrogen-bond donors (Lipinski definition) is 2. The number of rotatable bonds is 4. The van der Waals surface area contributed by atoms with Crippen LogP contribution in [0.1, 0.15) is 18.4 Å². The lowest BCUT2D eigenvalue weighted by atomic mass is 10.0. The standard InChI is InChI=1S/C8H8O2.C6H13NO/c9-7-10-6-8-4-2-1-3-5-8;8-5-6-2-1-3-7-4-6/h1-5,7H,6H2;6-8H,1-5H2. The van der Waals surface area contributed by atoms with Crippen LogP contribution in [0.2, 0.25) is 0 Å². The van der Waals surface area contributed by atoms with Gasteiger partial charge < -0.3 is 15.2 Å². The summed E-state index contributed by atoms with van der Waals surface area (Å²) >= 11 is 0. The molecule has 0 amide bonds. The lowest BCUT2D eigenvalue weighted by molar-refractivity contribution is -0.129. The van der Waals surface area contributed by atoms with Crippen molar-refractivity contribution in [3.8, 4) is 0 Å².